The molecule has 23 heavy (non-hydrogen) atoms. The Kier molecular flexibility index (Phi) is 6.49. The van der Waals surface area contributed by atoms with Gasteiger partial charge in [0.15, 0.2) is 0 Å². The Morgan fingerprint density at radius 3 is 2.39 bits per heavy atom. The molecule has 0 aliphatic heterocycles. The standard InChI is InChI=1S/C18H27N3O2/c1-8-18(5,6)13(4)9-15(12(2)3)21-17-19-10-14(11-20-17)16(22)23-7/h9-12H,4,8H2,1-3,5-7H3,(H,19,20,21)/b15-9+. The summed E-state index contributed by atoms with van der Waals surface area (Å²) < 4.78 is 4.64. The highest BCUT2D eigenvalue weighted by Gasteiger charge is 2.19. The van der Waals surface area contributed by atoms with E-state index in [0.29, 0.717) is 11.5 Å². The van der Waals surface area contributed by atoms with Gasteiger partial charge in [0.1, 0.15) is 0 Å². The minimum absolute atomic E-state index is 0.0391. The Morgan fingerprint density at radius 2 is 1.96 bits per heavy atom. The molecule has 1 rings (SSSR count). The molecule has 1 aromatic rings. The Balaban J connectivity index is 2.97. The van der Waals surface area contributed by atoms with Crippen molar-refractivity contribution >= 4 is 11.9 Å². The number of esters is 1. The van der Waals surface area contributed by atoms with Crippen LogP contribution in [0, 0.1) is 11.3 Å². The number of nitrogens with zero attached hydrogens (tertiary/aromatic N) is 2. The van der Waals surface area contributed by atoms with Crippen LogP contribution in [0.5, 0.6) is 0 Å². The lowest BCUT2D eigenvalue weighted by molar-refractivity contribution is 0.0600. The number of allylic oxidation sites excluding steroid dienone is 3. The average molecular weight is 317 g/mol. The second-order valence-corrected chi connectivity index (χ2v) is 6.43. The average Bonchev–Trinajstić information content (AvgIpc) is 2.53. The molecule has 0 aliphatic rings. The topological polar surface area (TPSA) is 64.1 Å². The molecule has 0 aromatic carbocycles. The summed E-state index contributed by atoms with van der Waals surface area (Å²) in [5.41, 5.74) is 2.41. The molecule has 0 radical (unpaired) electrons. The predicted molar refractivity (Wildman–Crippen MR) is 93.1 cm³/mol. The van der Waals surface area contributed by atoms with E-state index < -0.39 is 5.97 Å². The molecule has 0 amide bonds. The molecule has 1 N–H and O–H groups in total. The van der Waals surface area contributed by atoms with E-state index in [1.807, 2.05) is 0 Å². The van der Waals surface area contributed by atoms with Gasteiger partial charge in [-0.3, -0.25) is 0 Å². The van der Waals surface area contributed by atoms with Gasteiger partial charge in [-0.2, -0.15) is 0 Å². The smallest absolute Gasteiger partial charge is 0.341 e. The molecule has 0 fully saturated rings. The molecular weight excluding hydrogens is 290 g/mol. The van der Waals surface area contributed by atoms with E-state index in [1.54, 1.807) is 0 Å². The molecule has 1 heterocycles. The van der Waals surface area contributed by atoms with Crippen molar-refractivity contribution in [2.75, 3.05) is 12.4 Å². The van der Waals surface area contributed by atoms with Crippen molar-refractivity contribution in [1.82, 2.24) is 9.97 Å². The van der Waals surface area contributed by atoms with Crippen LogP contribution in [-0.4, -0.2) is 23.0 Å². The lowest BCUT2D eigenvalue weighted by atomic mass is 9.81. The van der Waals surface area contributed by atoms with Gasteiger partial charge < -0.3 is 10.1 Å². The van der Waals surface area contributed by atoms with Gasteiger partial charge >= 0.3 is 5.97 Å². The molecule has 5 nitrogen and oxygen atoms in total. The number of anilines is 1. The van der Waals surface area contributed by atoms with Crippen molar-refractivity contribution in [3.63, 3.8) is 0 Å². The number of carbonyl (C=O) groups excluding carboxylic acids is 1. The third kappa shape index (κ3) is 5.20. The van der Waals surface area contributed by atoms with E-state index in [2.05, 4.69) is 67.3 Å². The summed E-state index contributed by atoms with van der Waals surface area (Å²) in [5, 5.41) is 3.22. The number of ether oxygens (including phenoxy) is 1. The van der Waals surface area contributed by atoms with Crippen LogP contribution in [0.3, 0.4) is 0 Å². The summed E-state index contributed by atoms with van der Waals surface area (Å²) in [7, 11) is 1.33. The van der Waals surface area contributed by atoms with Crippen LogP contribution in [0.15, 0.2) is 36.3 Å². The monoisotopic (exact) mass is 317 g/mol. The number of hydrogen-bond donors (Lipinski definition) is 1. The maximum Gasteiger partial charge on any atom is 0.341 e. The Labute approximate surface area is 138 Å². The zero-order valence-electron chi connectivity index (χ0n) is 14.9. The van der Waals surface area contributed by atoms with Crippen molar-refractivity contribution in [1.29, 1.82) is 0 Å². The Hall–Kier alpha value is -2.17. The van der Waals surface area contributed by atoms with Gasteiger partial charge in [0.25, 0.3) is 0 Å². The molecule has 0 bridgehead atoms. The number of nitrogens with one attached hydrogen (secondary N) is 1. The Bertz CT molecular complexity index is 587. The lowest BCUT2D eigenvalue weighted by Gasteiger charge is -2.25. The van der Waals surface area contributed by atoms with Gasteiger partial charge in [-0.15, -0.1) is 0 Å². The third-order valence-corrected chi connectivity index (χ3v) is 4.03. The first kappa shape index (κ1) is 18.9. The highest BCUT2D eigenvalue weighted by Crippen LogP contribution is 2.31. The summed E-state index contributed by atoms with van der Waals surface area (Å²) in [6.45, 7) is 14.9. The van der Waals surface area contributed by atoms with Gasteiger partial charge in [-0.1, -0.05) is 41.2 Å². The first-order valence-corrected chi connectivity index (χ1v) is 7.79. The first-order chi connectivity index (χ1) is 10.7. The third-order valence-electron chi connectivity index (χ3n) is 4.03. The zero-order valence-corrected chi connectivity index (χ0v) is 14.9. The summed E-state index contributed by atoms with van der Waals surface area (Å²) in [4.78, 5) is 19.7. The van der Waals surface area contributed by atoms with E-state index in [4.69, 9.17) is 0 Å². The molecule has 0 spiro atoms. The molecule has 0 unspecified atom stereocenters. The molecular formula is C18H27N3O2. The maximum absolute atomic E-state index is 11.4. The first-order valence-electron chi connectivity index (χ1n) is 7.79. The van der Waals surface area contributed by atoms with Gasteiger partial charge in [0.05, 0.1) is 12.7 Å². The van der Waals surface area contributed by atoms with E-state index in [0.717, 1.165) is 17.7 Å². The van der Waals surface area contributed by atoms with E-state index in [-0.39, 0.29) is 11.3 Å². The summed E-state index contributed by atoms with van der Waals surface area (Å²) in [6.07, 6.45) is 5.97. The Morgan fingerprint density at radius 1 is 1.39 bits per heavy atom. The molecule has 5 heteroatoms. The van der Waals surface area contributed by atoms with Crippen LogP contribution in [-0.2, 0) is 4.74 Å². The van der Waals surface area contributed by atoms with Crippen molar-refractivity contribution in [3.05, 3.63) is 41.9 Å². The van der Waals surface area contributed by atoms with E-state index in [1.165, 1.54) is 19.5 Å². The van der Waals surface area contributed by atoms with Crippen LogP contribution < -0.4 is 5.32 Å². The quantitative estimate of drug-likeness (QED) is 0.603. The molecule has 0 aliphatic carbocycles. The van der Waals surface area contributed by atoms with Crippen LogP contribution in [0.1, 0.15) is 51.4 Å². The summed E-state index contributed by atoms with van der Waals surface area (Å²) in [6, 6.07) is 0. The second kappa shape index (κ2) is 7.90. The highest BCUT2D eigenvalue weighted by atomic mass is 16.5. The van der Waals surface area contributed by atoms with E-state index in [9.17, 15) is 4.79 Å². The van der Waals surface area contributed by atoms with Gasteiger partial charge in [-0.05, 0) is 29.4 Å². The van der Waals surface area contributed by atoms with Crippen molar-refractivity contribution in [2.45, 2.75) is 41.0 Å². The lowest BCUT2D eigenvalue weighted by Crippen LogP contribution is -2.15. The number of rotatable bonds is 7. The second-order valence-electron chi connectivity index (χ2n) is 6.43. The van der Waals surface area contributed by atoms with Crippen LogP contribution >= 0.6 is 0 Å². The van der Waals surface area contributed by atoms with Gasteiger partial charge in [0, 0.05) is 18.1 Å². The fraction of sp³-hybridized carbons (Fsp3) is 0.500. The molecule has 0 atom stereocenters. The molecule has 1 aromatic heterocycles. The molecule has 126 valence electrons. The fourth-order valence-electron chi connectivity index (χ4n) is 1.70. The number of hydrogen-bond acceptors (Lipinski definition) is 5. The summed E-state index contributed by atoms with van der Waals surface area (Å²) >= 11 is 0. The minimum Gasteiger partial charge on any atom is -0.465 e. The fourth-order valence-corrected chi connectivity index (χ4v) is 1.70. The molecule has 0 saturated heterocycles. The number of methoxy groups -OCH3 is 1. The number of aromatic nitrogens is 2. The van der Waals surface area contributed by atoms with Crippen molar-refractivity contribution in [2.24, 2.45) is 11.3 Å². The van der Waals surface area contributed by atoms with Gasteiger partial charge in [-0.25, -0.2) is 14.8 Å². The SMILES string of the molecule is C=C(/C=C(/Nc1ncc(C(=O)OC)cn1)C(C)C)C(C)(C)CC. The number of carbonyl (C=O) groups is 1. The summed E-state index contributed by atoms with van der Waals surface area (Å²) in [5.74, 6) is 0.261. The van der Waals surface area contributed by atoms with E-state index >= 15 is 0 Å². The van der Waals surface area contributed by atoms with Crippen molar-refractivity contribution in [3.8, 4) is 0 Å². The van der Waals surface area contributed by atoms with Crippen LogP contribution in [0.4, 0.5) is 5.95 Å². The maximum atomic E-state index is 11.4. The van der Waals surface area contributed by atoms with Crippen LogP contribution in [0.25, 0.3) is 0 Å². The predicted octanol–water partition coefficient (Wildman–Crippen LogP) is 4.21. The van der Waals surface area contributed by atoms with Gasteiger partial charge in [0.2, 0.25) is 5.95 Å². The largest absolute Gasteiger partial charge is 0.465 e. The highest BCUT2D eigenvalue weighted by molar-refractivity contribution is 5.88. The molecule has 0 saturated carbocycles. The minimum atomic E-state index is -0.450. The zero-order chi connectivity index (χ0) is 17.6. The van der Waals surface area contributed by atoms with Crippen LogP contribution in [0.2, 0.25) is 0 Å². The normalized spacial score (nSPS) is 12.2. The van der Waals surface area contributed by atoms with Crippen molar-refractivity contribution < 1.29 is 9.53 Å².